The lowest BCUT2D eigenvalue weighted by atomic mass is 10.1. The lowest BCUT2D eigenvalue weighted by Crippen LogP contribution is -2.41. The molecule has 3 rings (SSSR count). The summed E-state index contributed by atoms with van der Waals surface area (Å²) in [6, 6.07) is 12.3. The Morgan fingerprint density at radius 2 is 1.85 bits per heavy atom. The van der Waals surface area contributed by atoms with Gasteiger partial charge in [-0.3, -0.25) is 10.1 Å². The van der Waals surface area contributed by atoms with Gasteiger partial charge in [0.05, 0.1) is 31.8 Å². The average Bonchev–Trinajstić information content (AvgIpc) is 3.34. The van der Waals surface area contributed by atoms with Gasteiger partial charge in [0.25, 0.3) is 5.69 Å². The van der Waals surface area contributed by atoms with Crippen LogP contribution in [0.3, 0.4) is 0 Å². The quantitative estimate of drug-likeness (QED) is 0.148. The van der Waals surface area contributed by atoms with E-state index in [1.54, 1.807) is 26.4 Å². The molecule has 0 aromatic heterocycles. The number of benzene rings is 2. The van der Waals surface area contributed by atoms with Gasteiger partial charge >= 0.3 is 0 Å². The SMILES string of the molecule is COc1ccc(CCNC(=NCc2ccc([N+](=O)[O-])cc2)NCC2CCCO2)cc1OC.I. The number of hydrogen-bond acceptors (Lipinski definition) is 6. The molecule has 1 aliphatic rings. The smallest absolute Gasteiger partial charge is 0.269 e. The fraction of sp³-hybridized carbons (Fsp3) is 0.435. The standard InChI is InChI=1S/C23H30N4O5.HI/c1-30-21-10-7-17(14-22(21)31-2)11-12-24-23(26-16-20-4-3-13-32-20)25-15-18-5-8-19(9-6-18)27(28)29;/h5-10,14,20H,3-4,11-13,15-16H2,1-2H3,(H2,24,25,26);1H. The summed E-state index contributed by atoms with van der Waals surface area (Å²) >= 11 is 0. The van der Waals surface area contributed by atoms with Gasteiger partial charge < -0.3 is 24.8 Å². The van der Waals surface area contributed by atoms with Gasteiger partial charge in [0.15, 0.2) is 17.5 Å². The monoisotopic (exact) mass is 570 g/mol. The van der Waals surface area contributed by atoms with E-state index >= 15 is 0 Å². The number of hydrogen-bond donors (Lipinski definition) is 2. The van der Waals surface area contributed by atoms with Crippen molar-refractivity contribution in [2.45, 2.75) is 31.9 Å². The van der Waals surface area contributed by atoms with E-state index in [-0.39, 0.29) is 35.8 Å². The number of halogens is 1. The Hall–Kier alpha value is -2.60. The van der Waals surface area contributed by atoms with Crippen LogP contribution in [0.15, 0.2) is 47.5 Å². The predicted molar refractivity (Wildman–Crippen MR) is 138 cm³/mol. The number of methoxy groups -OCH3 is 2. The summed E-state index contributed by atoms with van der Waals surface area (Å²) in [5.74, 6) is 2.08. The molecule has 2 N–H and O–H groups in total. The summed E-state index contributed by atoms with van der Waals surface area (Å²) in [7, 11) is 3.24. The Bertz CT molecular complexity index is 918. The molecule has 0 aliphatic carbocycles. The van der Waals surface area contributed by atoms with Gasteiger partial charge in [-0.2, -0.15) is 0 Å². The summed E-state index contributed by atoms with van der Waals surface area (Å²) < 4.78 is 16.4. The summed E-state index contributed by atoms with van der Waals surface area (Å²) in [6.45, 7) is 2.57. The maximum Gasteiger partial charge on any atom is 0.269 e. The number of nitro groups is 1. The molecule has 0 bridgehead atoms. The Labute approximate surface area is 211 Å². The molecule has 2 aromatic carbocycles. The van der Waals surface area contributed by atoms with Crippen LogP contribution in [0, 0.1) is 10.1 Å². The maximum absolute atomic E-state index is 10.8. The maximum atomic E-state index is 10.8. The van der Waals surface area contributed by atoms with Gasteiger partial charge in [-0.05, 0) is 42.5 Å². The molecule has 9 nitrogen and oxygen atoms in total. The van der Waals surface area contributed by atoms with E-state index in [0.717, 1.165) is 37.0 Å². The number of guanidine groups is 1. The minimum Gasteiger partial charge on any atom is -0.493 e. The van der Waals surface area contributed by atoms with Crippen LogP contribution in [0.5, 0.6) is 11.5 Å². The van der Waals surface area contributed by atoms with Crippen molar-refractivity contribution >= 4 is 35.6 Å². The highest BCUT2D eigenvalue weighted by atomic mass is 127. The molecule has 2 aromatic rings. The van der Waals surface area contributed by atoms with Gasteiger partial charge in [0.2, 0.25) is 0 Å². The number of ether oxygens (including phenoxy) is 3. The van der Waals surface area contributed by atoms with E-state index in [1.807, 2.05) is 18.2 Å². The third kappa shape index (κ3) is 8.35. The van der Waals surface area contributed by atoms with Crippen molar-refractivity contribution in [2.24, 2.45) is 4.99 Å². The first-order valence-electron chi connectivity index (χ1n) is 10.7. The molecule has 0 amide bonds. The molecule has 0 radical (unpaired) electrons. The summed E-state index contributed by atoms with van der Waals surface area (Å²) in [5.41, 5.74) is 2.08. The third-order valence-corrected chi connectivity index (χ3v) is 5.24. The lowest BCUT2D eigenvalue weighted by Gasteiger charge is -2.16. The molecule has 0 spiro atoms. The highest BCUT2D eigenvalue weighted by Crippen LogP contribution is 2.27. The molecular weight excluding hydrogens is 539 g/mol. The van der Waals surface area contributed by atoms with Gasteiger partial charge in [0, 0.05) is 31.8 Å². The summed E-state index contributed by atoms with van der Waals surface area (Å²) in [5, 5.41) is 17.5. The predicted octanol–water partition coefficient (Wildman–Crippen LogP) is 3.69. The van der Waals surface area contributed by atoms with Gasteiger partial charge in [0.1, 0.15) is 0 Å². The highest BCUT2D eigenvalue weighted by molar-refractivity contribution is 14.0. The Morgan fingerprint density at radius 3 is 2.48 bits per heavy atom. The lowest BCUT2D eigenvalue weighted by molar-refractivity contribution is -0.384. The molecule has 1 saturated heterocycles. The van der Waals surface area contributed by atoms with Gasteiger partial charge in [-0.15, -0.1) is 24.0 Å². The zero-order valence-corrected chi connectivity index (χ0v) is 21.2. The molecular formula is C23H31IN4O5. The minimum absolute atomic E-state index is 0. The second-order valence-electron chi connectivity index (χ2n) is 7.47. The van der Waals surface area contributed by atoms with Crippen molar-refractivity contribution in [1.82, 2.24) is 10.6 Å². The van der Waals surface area contributed by atoms with Crippen molar-refractivity contribution in [3.63, 3.8) is 0 Å². The first-order valence-corrected chi connectivity index (χ1v) is 10.7. The summed E-state index contributed by atoms with van der Waals surface area (Å²) in [6.07, 6.45) is 3.08. The molecule has 1 aliphatic heterocycles. The van der Waals surface area contributed by atoms with Crippen molar-refractivity contribution in [3.05, 3.63) is 63.7 Å². The van der Waals surface area contributed by atoms with Crippen LogP contribution < -0.4 is 20.1 Å². The molecule has 180 valence electrons. The van der Waals surface area contributed by atoms with Crippen molar-refractivity contribution < 1.29 is 19.1 Å². The largest absolute Gasteiger partial charge is 0.493 e. The fourth-order valence-corrected chi connectivity index (χ4v) is 3.44. The van der Waals surface area contributed by atoms with E-state index in [1.165, 1.54) is 12.1 Å². The van der Waals surface area contributed by atoms with Crippen molar-refractivity contribution in [1.29, 1.82) is 0 Å². The average molecular weight is 570 g/mol. The number of nitro benzene ring substituents is 1. The Kier molecular flexibility index (Phi) is 11.2. The Morgan fingerprint density at radius 1 is 1.12 bits per heavy atom. The highest BCUT2D eigenvalue weighted by Gasteiger charge is 2.15. The number of nitrogens with one attached hydrogen (secondary N) is 2. The van der Waals surface area contributed by atoms with Crippen LogP contribution in [0.1, 0.15) is 24.0 Å². The van der Waals surface area contributed by atoms with E-state index in [2.05, 4.69) is 15.6 Å². The molecule has 1 fully saturated rings. The third-order valence-electron chi connectivity index (χ3n) is 5.24. The zero-order chi connectivity index (χ0) is 22.8. The van der Waals surface area contributed by atoms with Crippen LogP contribution in [-0.4, -0.2) is 50.9 Å². The number of nitrogens with zero attached hydrogens (tertiary/aromatic N) is 2. The molecule has 10 heteroatoms. The Balaban J connectivity index is 0.00000385. The second kappa shape index (κ2) is 13.8. The van der Waals surface area contributed by atoms with E-state index in [9.17, 15) is 10.1 Å². The fourth-order valence-electron chi connectivity index (χ4n) is 3.44. The molecule has 33 heavy (non-hydrogen) atoms. The van der Waals surface area contributed by atoms with Crippen LogP contribution in [0.2, 0.25) is 0 Å². The molecule has 1 unspecified atom stereocenters. The topological polar surface area (TPSA) is 107 Å². The first-order chi connectivity index (χ1) is 15.6. The minimum atomic E-state index is -0.405. The number of rotatable bonds is 10. The van der Waals surface area contributed by atoms with E-state index in [4.69, 9.17) is 14.2 Å². The second-order valence-corrected chi connectivity index (χ2v) is 7.47. The van der Waals surface area contributed by atoms with Crippen LogP contribution in [0.4, 0.5) is 5.69 Å². The van der Waals surface area contributed by atoms with Crippen LogP contribution in [-0.2, 0) is 17.7 Å². The van der Waals surface area contributed by atoms with Gasteiger partial charge in [-0.25, -0.2) is 4.99 Å². The van der Waals surface area contributed by atoms with E-state index in [0.29, 0.717) is 37.1 Å². The number of aliphatic imine (C=N–C) groups is 1. The van der Waals surface area contributed by atoms with Crippen LogP contribution in [0.25, 0.3) is 0 Å². The zero-order valence-electron chi connectivity index (χ0n) is 18.9. The molecule has 0 saturated carbocycles. The summed E-state index contributed by atoms with van der Waals surface area (Å²) in [4.78, 5) is 15.1. The molecule has 1 atom stereocenters. The first kappa shape index (κ1) is 26.7. The number of non-ortho nitro benzene ring substituents is 1. The van der Waals surface area contributed by atoms with Crippen molar-refractivity contribution in [2.75, 3.05) is 33.9 Å². The van der Waals surface area contributed by atoms with Gasteiger partial charge in [-0.1, -0.05) is 18.2 Å². The molecule has 1 heterocycles. The normalized spacial score (nSPS) is 15.5. The van der Waals surface area contributed by atoms with Crippen molar-refractivity contribution in [3.8, 4) is 11.5 Å². The van der Waals surface area contributed by atoms with Crippen LogP contribution >= 0.6 is 24.0 Å². The van der Waals surface area contributed by atoms with E-state index < -0.39 is 4.92 Å².